The fourth-order valence-corrected chi connectivity index (χ4v) is 3.39. The van der Waals surface area contributed by atoms with Crippen LogP contribution in [0.25, 0.3) is 10.9 Å². The van der Waals surface area contributed by atoms with Gasteiger partial charge in [-0.3, -0.25) is 14.2 Å². The summed E-state index contributed by atoms with van der Waals surface area (Å²) in [5.41, 5.74) is 6.12. The van der Waals surface area contributed by atoms with Gasteiger partial charge in [-0.2, -0.15) is 5.10 Å². The first-order chi connectivity index (χ1) is 15.5. The summed E-state index contributed by atoms with van der Waals surface area (Å²) in [6.07, 6.45) is 3.23. The zero-order valence-electron chi connectivity index (χ0n) is 17.4. The van der Waals surface area contributed by atoms with Gasteiger partial charge >= 0.3 is 0 Å². The standard InChI is InChI=1S/C25H22N4O3/c1-17(30)29-16-20(22-7-3-4-8-23(22)29)15-27-28-25(32)18-10-12-21(13-11-18)26-14-19-6-2-5-9-24(19)31/h2-13,15-16,26,31H,14H2,1H3,(H,28,32). The maximum absolute atomic E-state index is 12.4. The molecule has 1 amide bonds. The van der Waals surface area contributed by atoms with E-state index in [4.69, 9.17) is 0 Å². The average Bonchev–Trinajstić information content (AvgIpc) is 3.18. The summed E-state index contributed by atoms with van der Waals surface area (Å²) >= 11 is 0. The summed E-state index contributed by atoms with van der Waals surface area (Å²) in [5.74, 6) is -0.204. The molecule has 7 heteroatoms. The third-order valence-electron chi connectivity index (χ3n) is 5.07. The SMILES string of the molecule is CC(=O)n1cc(C=NNC(=O)c2ccc(NCc3ccccc3O)cc2)c2ccccc21. The van der Waals surface area contributed by atoms with Gasteiger partial charge in [-0.1, -0.05) is 36.4 Å². The van der Waals surface area contributed by atoms with Crippen LogP contribution in [0.15, 0.2) is 84.1 Å². The van der Waals surface area contributed by atoms with Gasteiger partial charge in [0, 0.05) is 47.4 Å². The van der Waals surface area contributed by atoms with Crippen LogP contribution in [0.4, 0.5) is 5.69 Å². The molecule has 0 unspecified atom stereocenters. The minimum atomic E-state index is -0.344. The second-order valence-corrected chi connectivity index (χ2v) is 7.25. The van der Waals surface area contributed by atoms with Gasteiger partial charge in [-0.05, 0) is 36.4 Å². The Balaban J connectivity index is 1.39. The quantitative estimate of drug-likeness (QED) is 0.315. The number of nitrogens with one attached hydrogen (secondary N) is 2. The molecule has 0 spiro atoms. The lowest BCUT2D eigenvalue weighted by Crippen LogP contribution is -2.17. The van der Waals surface area contributed by atoms with E-state index in [0.717, 1.165) is 27.7 Å². The normalized spacial score (nSPS) is 11.0. The smallest absolute Gasteiger partial charge is 0.271 e. The Morgan fingerprint density at radius 1 is 1.00 bits per heavy atom. The number of hydrazone groups is 1. The first kappa shape index (κ1) is 20.9. The topological polar surface area (TPSA) is 95.7 Å². The predicted molar refractivity (Wildman–Crippen MR) is 125 cm³/mol. The molecule has 7 nitrogen and oxygen atoms in total. The molecule has 0 fully saturated rings. The predicted octanol–water partition coefficient (Wildman–Crippen LogP) is 4.38. The van der Waals surface area contributed by atoms with E-state index in [0.29, 0.717) is 12.1 Å². The van der Waals surface area contributed by atoms with Crippen LogP contribution >= 0.6 is 0 Å². The average molecular weight is 426 g/mol. The summed E-state index contributed by atoms with van der Waals surface area (Å²) < 4.78 is 1.55. The van der Waals surface area contributed by atoms with Crippen LogP contribution in [0.1, 0.15) is 33.2 Å². The number of para-hydroxylation sites is 2. The molecular formula is C25H22N4O3. The highest BCUT2D eigenvalue weighted by molar-refractivity contribution is 6.03. The third-order valence-corrected chi connectivity index (χ3v) is 5.07. The van der Waals surface area contributed by atoms with Crippen molar-refractivity contribution in [1.29, 1.82) is 0 Å². The summed E-state index contributed by atoms with van der Waals surface area (Å²) in [6.45, 7) is 1.96. The van der Waals surface area contributed by atoms with E-state index in [1.165, 1.54) is 13.1 Å². The Morgan fingerprint density at radius 3 is 2.47 bits per heavy atom. The zero-order chi connectivity index (χ0) is 22.5. The maximum Gasteiger partial charge on any atom is 0.271 e. The monoisotopic (exact) mass is 426 g/mol. The number of hydrogen-bond acceptors (Lipinski definition) is 5. The minimum absolute atomic E-state index is 0.0962. The number of fused-ring (bicyclic) bond motifs is 1. The first-order valence-electron chi connectivity index (χ1n) is 10.1. The van der Waals surface area contributed by atoms with Gasteiger partial charge in [0.05, 0.1) is 11.7 Å². The largest absolute Gasteiger partial charge is 0.508 e. The number of phenols is 1. The third kappa shape index (κ3) is 4.52. The van der Waals surface area contributed by atoms with Crippen molar-refractivity contribution < 1.29 is 14.7 Å². The Labute approximate surface area is 185 Å². The molecular weight excluding hydrogens is 404 g/mol. The molecule has 3 N–H and O–H groups in total. The van der Waals surface area contributed by atoms with Gasteiger partial charge in [0.25, 0.3) is 5.91 Å². The van der Waals surface area contributed by atoms with Crippen LogP contribution in [0.2, 0.25) is 0 Å². The number of rotatable bonds is 6. The molecule has 0 aliphatic heterocycles. The molecule has 0 saturated carbocycles. The van der Waals surface area contributed by atoms with E-state index in [9.17, 15) is 14.7 Å². The number of benzene rings is 3. The highest BCUT2D eigenvalue weighted by atomic mass is 16.3. The number of hydrogen-bond donors (Lipinski definition) is 3. The van der Waals surface area contributed by atoms with Gasteiger partial charge in [-0.25, -0.2) is 5.43 Å². The van der Waals surface area contributed by atoms with Crippen LogP contribution < -0.4 is 10.7 Å². The van der Waals surface area contributed by atoms with E-state index in [1.54, 1.807) is 47.2 Å². The number of nitrogens with zero attached hydrogens (tertiary/aromatic N) is 2. The first-order valence-corrected chi connectivity index (χ1v) is 10.1. The van der Waals surface area contributed by atoms with Crippen molar-refractivity contribution >= 4 is 34.6 Å². The van der Waals surface area contributed by atoms with Crippen molar-refractivity contribution in [2.24, 2.45) is 5.10 Å². The van der Waals surface area contributed by atoms with Crippen molar-refractivity contribution in [3.8, 4) is 5.75 Å². The lowest BCUT2D eigenvalue weighted by Gasteiger charge is -2.08. The minimum Gasteiger partial charge on any atom is -0.508 e. The lowest BCUT2D eigenvalue weighted by atomic mass is 10.1. The molecule has 0 radical (unpaired) electrons. The van der Waals surface area contributed by atoms with Gasteiger partial charge in [0.1, 0.15) is 5.75 Å². The molecule has 1 heterocycles. The molecule has 4 rings (SSSR count). The molecule has 0 aliphatic rings. The maximum atomic E-state index is 12.4. The molecule has 0 bridgehead atoms. The fraction of sp³-hybridized carbons (Fsp3) is 0.0800. The highest BCUT2D eigenvalue weighted by Crippen LogP contribution is 2.20. The molecule has 0 atom stereocenters. The second kappa shape index (κ2) is 9.18. The van der Waals surface area contributed by atoms with Crippen LogP contribution in [0, 0.1) is 0 Å². The Hall–Kier alpha value is -4.39. The molecule has 160 valence electrons. The van der Waals surface area contributed by atoms with E-state index in [2.05, 4.69) is 15.8 Å². The van der Waals surface area contributed by atoms with Crippen molar-refractivity contribution in [3.05, 3.63) is 95.7 Å². The number of carbonyl (C=O) groups is 2. The lowest BCUT2D eigenvalue weighted by molar-refractivity contribution is 0.0937. The zero-order valence-corrected chi connectivity index (χ0v) is 17.4. The van der Waals surface area contributed by atoms with Crippen molar-refractivity contribution in [2.75, 3.05) is 5.32 Å². The van der Waals surface area contributed by atoms with Gasteiger partial charge in [0.15, 0.2) is 0 Å². The van der Waals surface area contributed by atoms with E-state index < -0.39 is 0 Å². The van der Waals surface area contributed by atoms with E-state index >= 15 is 0 Å². The molecule has 4 aromatic rings. The molecule has 1 aromatic heterocycles. The number of aromatic hydroxyl groups is 1. The van der Waals surface area contributed by atoms with Gasteiger partial charge < -0.3 is 10.4 Å². The number of phenolic OH excluding ortho intramolecular Hbond substituents is 1. The summed E-state index contributed by atoms with van der Waals surface area (Å²) in [7, 11) is 0. The molecule has 32 heavy (non-hydrogen) atoms. The fourth-order valence-electron chi connectivity index (χ4n) is 3.39. The summed E-state index contributed by atoms with van der Waals surface area (Å²) in [5, 5.41) is 18.0. The Bertz CT molecular complexity index is 1310. The summed E-state index contributed by atoms with van der Waals surface area (Å²) in [6, 6.07) is 21.6. The molecule has 0 saturated heterocycles. The van der Waals surface area contributed by atoms with Crippen molar-refractivity contribution in [1.82, 2.24) is 9.99 Å². The molecule has 3 aromatic carbocycles. The number of amides is 1. The Kier molecular flexibility index (Phi) is 5.98. The summed E-state index contributed by atoms with van der Waals surface area (Å²) in [4.78, 5) is 24.3. The van der Waals surface area contributed by atoms with Gasteiger partial charge in [0.2, 0.25) is 5.91 Å². The highest BCUT2D eigenvalue weighted by Gasteiger charge is 2.09. The van der Waals surface area contributed by atoms with E-state index in [1.807, 2.05) is 36.4 Å². The number of aromatic nitrogens is 1. The van der Waals surface area contributed by atoms with E-state index in [-0.39, 0.29) is 17.6 Å². The van der Waals surface area contributed by atoms with Gasteiger partial charge in [-0.15, -0.1) is 0 Å². The van der Waals surface area contributed by atoms with Crippen LogP contribution in [-0.4, -0.2) is 27.7 Å². The van der Waals surface area contributed by atoms with Crippen molar-refractivity contribution in [3.63, 3.8) is 0 Å². The van der Waals surface area contributed by atoms with Crippen LogP contribution in [-0.2, 0) is 6.54 Å². The van der Waals surface area contributed by atoms with Crippen LogP contribution in [0.5, 0.6) is 5.75 Å². The van der Waals surface area contributed by atoms with Crippen LogP contribution in [0.3, 0.4) is 0 Å². The Morgan fingerprint density at radius 2 is 1.72 bits per heavy atom. The second-order valence-electron chi connectivity index (χ2n) is 7.25. The van der Waals surface area contributed by atoms with Crippen molar-refractivity contribution in [2.45, 2.75) is 13.5 Å². The number of carbonyl (C=O) groups excluding carboxylic acids is 2. The molecule has 0 aliphatic carbocycles. The number of anilines is 1.